The third kappa shape index (κ3) is 5.63. The molecule has 2 aromatic carbocycles. The number of likely N-dealkylation sites (N-methyl/N-ethyl adjacent to an activating group) is 1. The number of methoxy groups -OCH3 is 1. The van der Waals surface area contributed by atoms with Crippen molar-refractivity contribution in [3.8, 4) is 11.5 Å². The van der Waals surface area contributed by atoms with Gasteiger partial charge in [0.2, 0.25) is 0 Å². The van der Waals surface area contributed by atoms with Crippen LogP contribution in [0.2, 0.25) is 0 Å². The second-order valence-corrected chi connectivity index (χ2v) is 8.70. The third-order valence-corrected chi connectivity index (χ3v) is 5.98. The van der Waals surface area contributed by atoms with E-state index in [2.05, 4.69) is 20.2 Å². The third-order valence-electron chi connectivity index (χ3n) is 5.98. The molecule has 2 heterocycles. The Kier molecular flexibility index (Phi) is 7.82. The molecule has 0 spiro atoms. The topological polar surface area (TPSA) is 89.0 Å². The average molecular weight is 507 g/mol. The molecular weight excluding hydrogens is 477 g/mol. The molecule has 0 aliphatic carbocycles. The molecule has 0 amide bonds. The van der Waals surface area contributed by atoms with Gasteiger partial charge >= 0.3 is 0 Å². The maximum Gasteiger partial charge on any atom is 0.298 e. The van der Waals surface area contributed by atoms with Gasteiger partial charge in [-0.2, -0.15) is 8.78 Å². The summed E-state index contributed by atoms with van der Waals surface area (Å²) in [7, 11) is 3.55. The smallest absolute Gasteiger partial charge is 0.298 e. The van der Waals surface area contributed by atoms with E-state index in [1.54, 1.807) is 19.1 Å². The molecule has 0 saturated carbocycles. The highest BCUT2D eigenvalue weighted by atomic mass is 19.3. The molecule has 4 rings (SSSR count). The monoisotopic (exact) mass is 506 g/mol. The number of rotatable bonds is 9. The van der Waals surface area contributed by atoms with E-state index in [0.29, 0.717) is 47.3 Å². The lowest BCUT2D eigenvalue weighted by molar-refractivity contribution is -0.0583. The van der Waals surface area contributed by atoms with E-state index in [9.17, 15) is 13.2 Å². The van der Waals surface area contributed by atoms with E-state index >= 15 is 0 Å². The molecule has 11 heteroatoms. The Morgan fingerprint density at radius 3 is 2.78 bits per heavy atom. The van der Waals surface area contributed by atoms with Gasteiger partial charge in [-0.15, -0.1) is 0 Å². The van der Waals surface area contributed by atoms with Crippen LogP contribution < -0.4 is 14.8 Å². The summed E-state index contributed by atoms with van der Waals surface area (Å²) >= 11 is 0. The van der Waals surface area contributed by atoms with Crippen molar-refractivity contribution in [1.29, 1.82) is 0 Å². The SMILES string of the molecule is COc1cc2nc(C)nc(NCc3cccc(C(F)(F)CO)c3F)c2cc1OC[C@@H]1CN(C)CCO1. The summed E-state index contributed by atoms with van der Waals surface area (Å²) in [6.07, 6.45) is -0.0942. The predicted octanol–water partition coefficient (Wildman–Crippen LogP) is 3.49. The Morgan fingerprint density at radius 2 is 2.06 bits per heavy atom. The first-order valence-corrected chi connectivity index (χ1v) is 11.5. The largest absolute Gasteiger partial charge is 0.493 e. The number of hydrogen-bond acceptors (Lipinski definition) is 8. The van der Waals surface area contributed by atoms with Crippen molar-refractivity contribution >= 4 is 16.7 Å². The molecule has 1 aliphatic heterocycles. The minimum Gasteiger partial charge on any atom is -0.493 e. The lowest BCUT2D eigenvalue weighted by atomic mass is 10.0. The average Bonchev–Trinajstić information content (AvgIpc) is 2.86. The Morgan fingerprint density at radius 1 is 1.25 bits per heavy atom. The molecule has 1 atom stereocenters. The quantitative estimate of drug-likeness (QED) is 0.456. The highest BCUT2D eigenvalue weighted by Crippen LogP contribution is 2.35. The van der Waals surface area contributed by atoms with Crippen LogP contribution in [0.15, 0.2) is 30.3 Å². The molecule has 0 unspecified atom stereocenters. The summed E-state index contributed by atoms with van der Waals surface area (Å²) in [6, 6.07) is 7.14. The highest BCUT2D eigenvalue weighted by Gasteiger charge is 2.34. The van der Waals surface area contributed by atoms with E-state index < -0.39 is 23.9 Å². The zero-order valence-corrected chi connectivity index (χ0v) is 20.4. The van der Waals surface area contributed by atoms with Gasteiger partial charge in [0.25, 0.3) is 5.92 Å². The number of ether oxygens (including phenoxy) is 3. The van der Waals surface area contributed by atoms with Crippen molar-refractivity contribution in [1.82, 2.24) is 14.9 Å². The number of nitrogens with zero attached hydrogens (tertiary/aromatic N) is 3. The number of hydrogen-bond donors (Lipinski definition) is 2. The standard InChI is InChI=1S/C25H29F3N4O4/c1-15-30-20-10-21(34-3)22(36-13-17-12-32(2)7-8-35-17)9-18(20)24(31-15)29-11-16-5-4-6-19(23(16)26)25(27,28)14-33/h4-6,9-10,17,33H,7-8,11-14H2,1-3H3,(H,29,30,31)/t17-/m0/s1. The van der Waals surface area contributed by atoms with Crippen molar-refractivity contribution < 1.29 is 32.5 Å². The number of halogens is 3. The van der Waals surface area contributed by atoms with E-state index in [-0.39, 0.29) is 18.2 Å². The van der Waals surface area contributed by atoms with E-state index in [1.807, 2.05) is 7.05 Å². The highest BCUT2D eigenvalue weighted by molar-refractivity contribution is 5.91. The minimum absolute atomic E-state index is 0.00796. The van der Waals surface area contributed by atoms with Crippen LogP contribution in [0.25, 0.3) is 10.9 Å². The number of nitrogens with one attached hydrogen (secondary N) is 1. The summed E-state index contributed by atoms with van der Waals surface area (Å²) in [5, 5.41) is 12.6. The molecule has 0 radical (unpaired) electrons. The molecule has 8 nitrogen and oxygen atoms in total. The van der Waals surface area contributed by atoms with Crippen LogP contribution in [0.1, 0.15) is 17.0 Å². The molecule has 1 aromatic heterocycles. The van der Waals surface area contributed by atoms with Gasteiger partial charge in [-0.3, -0.25) is 0 Å². The number of aliphatic hydroxyl groups excluding tert-OH is 1. The number of morpholine rings is 1. The van der Waals surface area contributed by atoms with Crippen LogP contribution in [0.4, 0.5) is 19.0 Å². The van der Waals surface area contributed by atoms with Gasteiger partial charge in [-0.1, -0.05) is 12.1 Å². The van der Waals surface area contributed by atoms with E-state index in [4.69, 9.17) is 19.3 Å². The van der Waals surface area contributed by atoms with Crippen LogP contribution in [0, 0.1) is 12.7 Å². The summed E-state index contributed by atoms with van der Waals surface area (Å²) in [4.78, 5) is 11.1. The summed E-state index contributed by atoms with van der Waals surface area (Å²) in [5.74, 6) is -2.97. The fraction of sp³-hybridized carbons (Fsp3) is 0.440. The first kappa shape index (κ1) is 25.9. The number of aromatic nitrogens is 2. The first-order chi connectivity index (χ1) is 17.2. The summed E-state index contributed by atoms with van der Waals surface area (Å²) in [6.45, 7) is 2.66. The van der Waals surface area contributed by atoms with Gasteiger partial charge in [-0.25, -0.2) is 14.4 Å². The van der Waals surface area contributed by atoms with Crippen molar-refractivity contribution in [2.45, 2.75) is 25.5 Å². The fourth-order valence-corrected chi connectivity index (χ4v) is 4.07. The van der Waals surface area contributed by atoms with Crippen LogP contribution in [0.5, 0.6) is 11.5 Å². The van der Waals surface area contributed by atoms with Crippen LogP contribution >= 0.6 is 0 Å². The zero-order valence-electron chi connectivity index (χ0n) is 20.4. The van der Waals surface area contributed by atoms with Crippen molar-refractivity contribution in [2.24, 2.45) is 0 Å². The van der Waals surface area contributed by atoms with Gasteiger partial charge in [0.1, 0.15) is 36.8 Å². The maximum absolute atomic E-state index is 14.8. The molecule has 1 aliphatic rings. The number of anilines is 1. The lowest BCUT2D eigenvalue weighted by Gasteiger charge is -2.30. The second-order valence-electron chi connectivity index (χ2n) is 8.70. The Labute approximate surface area is 207 Å². The molecule has 3 aromatic rings. The first-order valence-electron chi connectivity index (χ1n) is 11.5. The number of aliphatic hydroxyl groups is 1. The van der Waals surface area contributed by atoms with Gasteiger partial charge in [0.05, 0.1) is 24.8 Å². The van der Waals surface area contributed by atoms with Crippen molar-refractivity contribution in [2.75, 3.05) is 52.4 Å². The van der Waals surface area contributed by atoms with Crippen molar-refractivity contribution in [3.05, 3.63) is 53.1 Å². The van der Waals surface area contributed by atoms with Crippen LogP contribution in [0.3, 0.4) is 0 Å². The molecule has 1 fully saturated rings. The van der Waals surface area contributed by atoms with Gasteiger partial charge in [0.15, 0.2) is 11.5 Å². The Balaban J connectivity index is 1.61. The summed E-state index contributed by atoms with van der Waals surface area (Å²) < 4.78 is 59.9. The molecular formula is C25H29F3N4O4. The number of aryl methyl sites for hydroxylation is 1. The van der Waals surface area contributed by atoms with Crippen LogP contribution in [-0.4, -0.2) is 73.1 Å². The number of fused-ring (bicyclic) bond motifs is 1. The molecule has 36 heavy (non-hydrogen) atoms. The molecule has 194 valence electrons. The molecule has 0 bridgehead atoms. The predicted molar refractivity (Wildman–Crippen MR) is 128 cm³/mol. The van der Waals surface area contributed by atoms with Crippen molar-refractivity contribution in [3.63, 3.8) is 0 Å². The maximum atomic E-state index is 14.8. The number of alkyl halides is 2. The Bertz CT molecular complexity index is 1230. The van der Waals surface area contributed by atoms with Gasteiger partial charge in [-0.05, 0) is 26.1 Å². The van der Waals surface area contributed by atoms with E-state index in [1.165, 1.54) is 19.2 Å². The molecule has 1 saturated heterocycles. The zero-order chi connectivity index (χ0) is 25.9. The second kappa shape index (κ2) is 10.9. The Hall–Kier alpha value is -3.15. The lowest BCUT2D eigenvalue weighted by Crippen LogP contribution is -2.42. The summed E-state index contributed by atoms with van der Waals surface area (Å²) in [5.41, 5.74) is -0.276. The number of benzene rings is 2. The molecule has 2 N–H and O–H groups in total. The van der Waals surface area contributed by atoms with E-state index in [0.717, 1.165) is 19.2 Å². The van der Waals surface area contributed by atoms with Gasteiger partial charge in [0, 0.05) is 36.7 Å². The fourth-order valence-electron chi connectivity index (χ4n) is 4.07. The normalized spacial score (nSPS) is 16.8. The van der Waals surface area contributed by atoms with Crippen LogP contribution in [-0.2, 0) is 17.2 Å². The van der Waals surface area contributed by atoms with Gasteiger partial charge < -0.3 is 29.5 Å². The minimum atomic E-state index is -3.68.